The van der Waals surface area contributed by atoms with Crippen LogP contribution >= 0.6 is 0 Å². The van der Waals surface area contributed by atoms with Crippen molar-refractivity contribution in [3.8, 4) is 0 Å². The molecule has 4 rings (SSSR count). The predicted molar refractivity (Wildman–Crippen MR) is 105 cm³/mol. The van der Waals surface area contributed by atoms with Crippen molar-refractivity contribution in [2.24, 2.45) is 0 Å². The molecule has 27 heavy (non-hydrogen) atoms. The van der Waals surface area contributed by atoms with E-state index in [2.05, 4.69) is 35.4 Å². The van der Waals surface area contributed by atoms with E-state index in [9.17, 15) is 4.79 Å². The molecule has 2 aromatic rings. The Balaban J connectivity index is 1.68. The summed E-state index contributed by atoms with van der Waals surface area (Å²) in [5, 5.41) is 0. The Labute approximate surface area is 161 Å². The normalized spacial score (nSPS) is 21.1. The van der Waals surface area contributed by atoms with Crippen molar-refractivity contribution in [2.75, 3.05) is 33.4 Å². The Bertz CT molecular complexity index is 802. The average molecular weight is 370 g/mol. The molecule has 2 aromatic heterocycles. The maximum atomic E-state index is 13.3. The molecule has 6 heteroatoms. The monoisotopic (exact) mass is 370 g/mol. The van der Waals surface area contributed by atoms with Gasteiger partial charge in [0, 0.05) is 38.5 Å². The second-order valence-corrected chi connectivity index (χ2v) is 7.98. The highest BCUT2D eigenvalue weighted by atomic mass is 16.5. The van der Waals surface area contributed by atoms with Crippen LogP contribution in [0.2, 0.25) is 0 Å². The molecule has 2 saturated heterocycles. The van der Waals surface area contributed by atoms with Gasteiger partial charge in [0.1, 0.15) is 5.65 Å². The molecule has 0 spiro atoms. The standard InChI is InChI=1S/C21H30N4O2/c1-16-7-11-25-18(14-23(2)17-8-12-27-15-17)20(22-19(25)13-16)21(26)24-9-5-3-4-6-10-24/h7,11,13,17H,3-6,8-10,12,14-15H2,1-2H3. The highest BCUT2D eigenvalue weighted by Crippen LogP contribution is 2.22. The van der Waals surface area contributed by atoms with E-state index < -0.39 is 0 Å². The Morgan fingerprint density at radius 3 is 2.78 bits per heavy atom. The molecule has 0 aromatic carbocycles. The number of imidazole rings is 1. The molecule has 6 nitrogen and oxygen atoms in total. The van der Waals surface area contributed by atoms with Crippen LogP contribution in [-0.2, 0) is 11.3 Å². The Kier molecular flexibility index (Phi) is 5.45. The van der Waals surface area contributed by atoms with E-state index in [-0.39, 0.29) is 5.91 Å². The number of aryl methyl sites for hydroxylation is 1. The summed E-state index contributed by atoms with van der Waals surface area (Å²) >= 11 is 0. The molecule has 1 atom stereocenters. The van der Waals surface area contributed by atoms with E-state index >= 15 is 0 Å². The predicted octanol–water partition coefficient (Wildman–Crippen LogP) is 2.88. The van der Waals surface area contributed by atoms with Gasteiger partial charge in [0.2, 0.25) is 0 Å². The molecule has 0 radical (unpaired) electrons. The van der Waals surface area contributed by atoms with Gasteiger partial charge in [-0.25, -0.2) is 4.98 Å². The zero-order chi connectivity index (χ0) is 18.8. The zero-order valence-electron chi connectivity index (χ0n) is 16.5. The first-order chi connectivity index (χ1) is 13.1. The minimum absolute atomic E-state index is 0.0873. The molecule has 0 N–H and O–H groups in total. The van der Waals surface area contributed by atoms with Crippen LogP contribution in [-0.4, -0.2) is 64.5 Å². The maximum absolute atomic E-state index is 13.3. The van der Waals surface area contributed by atoms with Gasteiger partial charge >= 0.3 is 0 Å². The fourth-order valence-electron chi connectivity index (χ4n) is 4.18. The van der Waals surface area contributed by atoms with Crippen molar-refractivity contribution in [1.29, 1.82) is 0 Å². The summed E-state index contributed by atoms with van der Waals surface area (Å²) in [4.78, 5) is 22.4. The molecule has 146 valence electrons. The van der Waals surface area contributed by atoms with Gasteiger partial charge in [-0.05, 0) is 50.9 Å². The third-order valence-corrected chi connectivity index (χ3v) is 5.90. The van der Waals surface area contributed by atoms with E-state index in [1.165, 1.54) is 12.8 Å². The van der Waals surface area contributed by atoms with Gasteiger partial charge in [-0.15, -0.1) is 0 Å². The molecular formula is C21H30N4O2. The van der Waals surface area contributed by atoms with Gasteiger partial charge in [-0.2, -0.15) is 0 Å². The summed E-state index contributed by atoms with van der Waals surface area (Å²) in [5.41, 5.74) is 3.63. The fourth-order valence-corrected chi connectivity index (χ4v) is 4.18. The van der Waals surface area contributed by atoms with Gasteiger partial charge in [-0.1, -0.05) is 12.8 Å². The van der Waals surface area contributed by atoms with Crippen LogP contribution in [0.4, 0.5) is 0 Å². The number of ether oxygens (including phenoxy) is 1. The third kappa shape index (κ3) is 3.87. The molecular weight excluding hydrogens is 340 g/mol. The number of hydrogen-bond acceptors (Lipinski definition) is 4. The summed E-state index contributed by atoms with van der Waals surface area (Å²) in [6, 6.07) is 4.54. The molecule has 0 saturated carbocycles. The maximum Gasteiger partial charge on any atom is 0.274 e. The summed E-state index contributed by atoms with van der Waals surface area (Å²) in [7, 11) is 2.12. The first kappa shape index (κ1) is 18.4. The van der Waals surface area contributed by atoms with Crippen LogP contribution in [0.1, 0.15) is 53.8 Å². The van der Waals surface area contributed by atoms with Crippen LogP contribution in [0.25, 0.3) is 5.65 Å². The van der Waals surface area contributed by atoms with Gasteiger partial charge < -0.3 is 14.0 Å². The van der Waals surface area contributed by atoms with Crippen molar-refractivity contribution in [2.45, 2.75) is 51.6 Å². The minimum atomic E-state index is 0.0873. The number of aromatic nitrogens is 2. The topological polar surface area (TPSA) is 50.1 Å². The number of pyridine rings is 1. The SMILES string of the molecule is Cc1ccn2c(CN(C)C3CCOC3)c(C(=O)N3CCCCCC3)nc2c1. The summed E-state index contributed by atoms with van der Waals surface area (Å²) in [6.07, 6.45) is 7.70. The molecule has 2 fully saturated rings. The van der Waals surface area contributed by atoms with Crippen molar-refractivity contribution >= 4 is 11.6 Å². The fraction of sp³-hybridized carbons (Fsp3) is 0.619. The van der Waals surface area contributed by atoms with Crippen molar-refractivity contribution in [3.05, 3.63) is 35.3 Å². The molecule has 2 aliphatic heterocycles. The van der Waals surface area contributed by atoms with Gasteiger partial charge in [0.05, 0.1) is 12.3 Å². The highest BCUT2D eigenvalue weighted by Gasteiger charge is 2.27. The van der Waals surface area contributed by atoms with E-state index in [0.29, 0.717) is 18.3 Å². The molecule has 0 aliphatic carbocycles. The lowest BCUT2D eigenvalue weighted by Crippen LogP contribution is -2.35. The van der Waals surface area contributed by atoms with Crippen LogP contribution in [0.3, 0.4) is 0 Å². The first-order valence-electron chi connectivity index (χ1n) is 10.2. The zero-order valence-corrected chi connectivity index (χ0v) is 16.5. The van der Waals surface area contributed by atoms with Crippen LogP contribution < -0.4 is 0 Å². The highest BCUT2D eigenvalue weighted by molar-refractivity contribution is 5.94. The Morgan fingerprint density at radius 1 is 1.30 bits per heavy atom. The number of carbonyl (C=O) groups excluding carboxylic acids is 1. The summed E-state index contributed by atoms with van der Waals surface area (Å²) in [5.74, 6) is 0.0873. The van der Waals surface area contributed by atoms with Crippen LogP contribution in [0, 0.1) is 6.92 Å². The van der Waals surface area contributed by atoms with Crippen LogP contribution in [0.15, 0.2) is 18.3 Å². The second kappa shape index (κ2) is 7.98. The van der Waals surface area contributed by atoms with E-state index in [1.807, 2.05) is 11.1 Å². The Morgan fingerprint density at radius 2 is 2.07 bits per heavy atom. The Hall–Kier alpha value is -1.92. The molecule has 1 unspecified atom stereocenters. The number of likely N-dealkylation sites (N-methyl/N-ethyl adjacent to an activating group) is 1. The molecule has 1 amide bonds. The van der Waals surface area contributed by atoms with Gasteiger partial charge in [0.25, 0.3) is 5.91 Å². The molecule has 2 aliphatic rings. The number of nitrogens with zero attached hydrogens (tertiary/aromatic N) is 4. The van der Waals surface area contributed by atoms with Crippen molar-refractivity contribution < 1.29 is 9.53 Å². The minimum Gasteiger partial charge on any atom is -0.380 e. The first-order valence-corrected chi connectivity index (χ1v) is 10.2. The largest absolute Gasteiger partial charge is 0.380 e. The summed E-state index contributed by atoms with van der Waals surface area (Å²) < 4.78 is 7.64. The van der Waals surface area contributed by atoms with Gasteiger partial charge in [0.15, 0.2) is 5.69 Å². The second-order valence-electron chi connectivity index (χ2n) is 7.98. The van der Waals surface area contributed by atoms with E-state index in [4.69, 9.17) is 9.72 Å². The molecule has 0 bridgehead atoms. The third-order valence-electron chi connectivity index (χ3n) is 5.90. The molecule has 4 heterocycles. The number of amides is 1. The lowest BCUT2D eigenvalue weighted by molar-refractivity contribution is 0.0753. The van der Waals surface area contributed by atoms with Gasteiger partial charge in [-0.3, -0.25) is 9.69 Å². The van der Waals surface area contributed by atoms with E-state index in [0.717, 1.165) is 62.5 Å². The van der Waals surface area contributed by atoms with E-state index in [1.54, 1.807) is 0 Å². The number of hydrogen-bond donors (Lipinski definition) is 0. The quantitative estimate of drug-likeness (QED) is 0.830. The smallest absolute Gasteiger partial charge is 0.274 e. The lowest BCUT2D eigenvalue weighted by atomic mass is 10.2. The number of likely N-dealkylation sites (tertiary alicyclic amines) is 1. The van der Waals surface area contributed by atoms with Crippen molar-refractivity contribution in [3.63, 3.8) is 0 Å². The number of fused-ring (bicyclic) bond motifs is 1. The summed E-state index contributed by atoms with van der Waals surface area (Å²) in [6.45, 7) is 6.04. The number of rotatable bonds is 4. The van der Waals surface area contributed by atoms with Crippen LogP contribution in [0.5, 0.6) is 0 Å². The number of carbonyl (C=O) groups is 1. The lowest BCUT2D eigenvalue weighted by Gasteiger charge is -2.24. The average Bonchev–Trinajstić information content (AvgIpc) is 3.22. The van der Waals surface area contributed by atoms with Crippen molar-refractivity contribution in [1.82, 2.24) is 19.2 Å².